The summed E-state index contributed by atoms with van der Waals surface area (Å²) >= 11 is 1.36. The fourth-order valence-corrected chi connectivity index (χ4v) is 3.97. The van der Waals surface area contributed by atoms with Crippen molar-refractivity contribution in [3.63, 3.8) is 0 Å². The second kappa shape index (κ2) is 6.38. The van der Waals surface area contributed by atoms with Gasteiger partial charge in [0.05, 0.1) is 4.90 Å². The number of aryl methyl sites for hydroxylation is 1. The Labute approximate surface area is 139 Å². The van der Waals surface area contributed by atoms with E-state index in [2.05, 4.69) is 9.71 Å². The average Bonchev–Trinajstić information content (AvgIpc) is 2.82. The zero-order valence-electron chi connectivity index (χ0n) is 13.4. The maximum Gasteiger partial charge on any atom is 0.279 e. The molecule has 0 bridgehead atoms. The Morgan fingerprint density at radius 3 is 2.30 bits per heavy atom. The molecule has 0 saturated heterocycles. The summed E-state index contributed by atoms with van der Waals surface area (Å²) in [5.74, 6) is -0.407. The molecule has 6 nitrogen and oxygen atoms in total. The Kier molecular flexibility index (Phi) is 4.88. The van der Waals surface area contributed by atoms with Crippen LogP contribution in [0.5, 0.6) is 0 Å². The molecule has 1 aromatic carbocycles. The number of benzene rings is 1. The van der Waals surface area contributed by atoms with Gasteiger partial charge in [-0.1, -0.05) is 0 Å². The third kappa shape index (κ3) is 4.60. The first-order valence-electron chi connectivity index (χ1n) is 6.92. The minimum atomic E-state index is -3.61. The van der Waals surface area contributed by atoms with Crippen LogP contribution in [0, 0.1) is 0 Å². The van der Waals surface area contributed by atoms with Gasteiger partial charge in [0.2, 0.25) is 10.0 Å². The lowest BCUT2D eigenvalue weighted by Crippen LogP contribution is -2.40. The standard InChI is InChI=1S/C15H19N3O3S2/c1-15(2,3)17-23(20,21)12-7-5-11(6-8-12)13(19)16-14-18(4)9-10-22-14/h5-10,17H,1-4H3. The maximum atomic E-state index is 12.2. The molecule has 8 heteroatoms. The van der Waals surface area contributed by atoms with Crippen LogP contribution in [-0.4, -0.2) is 24.4 Å². The van der Waals surface area contributed by atoms with Crippen molar-refractivity contribution >= 4 is 27.3 Å². The number of amides is 1. The summed E-state index contributed by atoms with van der Waals surface area (Å²) in [4.78, 5) is 16.8. The molecule has 124 valence electrons. The topological polar surface area (TPSA) is 80.5 Å². The van der Waals surface area contributed by atoms with Crippen LogP contribution in [0.15, 0.2) is 45.7 Å². The van der Waals surface area contributed by atoms with Gasteiger partial charge in [0.15, 0.2) is 4.80 Å². The first-order valence-corrected chi connectivity index (χ1v) is 9.28. The van der Waals surface area contributed by atoms with Crippen LogP contribution in [0.3, 0.4) is 0 Å². The van der Waals surface area contributed by atoms with Gasteiger partial charge in [-0.3, -0.25) is 4.79 Å². The second-order valence-corrected chi connectivity index (χ2v) is 8.65. The van der Waals surface area contributed by atoms with E-state index in [-0.39, 0.29) is 4.90 Å². The van der Waals surface area contributed by atoms with Crippen molar-refractivity contribution in [3.8, 4) is 0 Å². The minimum absolute atomic E-state index is 0.116. The monoisotopic (exact) mass is 353 g/mol. The summed E-state index contributed by atoms with van der Waals surface area (Å²) in [6.07, 6.45) is 1.81. The van der Waals surface area contributed by atoms with Crippen LogP contribution < -0.4 is 9.52 Å². The summed E-state index contributed by atoms with van der Waals surface area (Å²) in [6, 6.07) is 5.75. The largest absolute Gasteiger partial charge is 0.327 e. The van der Waals surface area contributed by atoms with E-state index in [0.717, 1.165) is 0 Å². The first-order chi connectivity index (χ1) is 10.6. The summed E-state index contributed by atoms with van der Waals surface area (Å²) in [7, 11) is -1.81. The van der Waals surface area contributed by atoms with E-state index in [1.807, 2.05) is 11.6 Å². The van der Waals surface area contributed by atoms with Crippen LogP contribution in [0.4, 0.5) is 0 Å². The highest BCUT2D eigenvalue weighted by molar-refractivity contribution is 7.89. The third-order valence-corrected chi connectivity index (χ3v) is 5.43. The Balaban J connectivity index is 2.27. The van der Waals surface area contributed by atoms with Crippen LogP contribution in [-0.2, 0) is 17.1 Å². The zero-order valence-corrected chi connectivity index (χ0v) is 15.0. The Bertz CT molecular complexity index is 870. The van der Waals surface area contributed by atoms with Gasteiger partial charge in [0, 0.05) is 29.7 Å². The Hall–Kier alpha value is -1.77. The van der Waals surface area contributed by atoms with Crippen molar-refractivity contribution in [2.24, 2.45) is 12.0 Å². The van der Waals surface area contributed by atoms with Crippen molar-refractivity contribution < 1.29 is 13.2 Å². The molecule has 0 fully saturated rings. The molecule has 1 aromatic heterocycles. The van der Waals surface area contributed by atoms with E-state index in [9.17, 15) is 13.2 Å². The van der Waals surface area contributed by atoms with Gasteiger partial charge in [-0.15, -0.1) is 11.3 Å². The molecular weight excluding hydrogens is 334 g/mol. The molecule has 0 aliphatic carbocycles. The smallest absolute Gasteiger partial charge is 0.279 e. The van der Waals surface area contributed by atoms with Gasteiger partial charge >= 0.3 is 0 Å². The lowest BCUT2D eigenvalue weighted by molar-refractivity contribution is 0.0997. The van der Waals surface area contributed by atoms with Gasteiger partial charge in [0.25, 0.3) is 5.91 Å². The van der Waals surface area contributed by atoms with Crippen LogP contribution in [0.1, 0.15) is 31.1 Å². The number of carbonyl (C=O) groups is 1. The molecule has 0 unspecified atom stereocenters. The van der Waals surface area contributed by atoms with E-state index < -0.39 is 21.5 Å². The number of carbonyl (C=O) groups excluding carboxylic acids is 1. The van der Waals surface area contributed by atoms with E-state index in [4.69, 9.17) is 0 Å². The van der Waals surface area contributed by atoms with Crippen molar-refractivity contribution in [2.45, 2.75) is 31.2 Å². The minimum Gasteiger partial charge on any atom is -0.327 e. The number of nitrogens with zero attached hydrogens (tertiary/aromatic N) is 2. The van der Waals surface area contributed by atoms with Crippen molar-refractivity contribution in [1.29, 1.82) is 0 Å². The number of thiazole rings is 1. The predicted octanol–water partition coefficient (Wildman–Crippen LogP) is 1.90. The normalized spacial score (nSPS) is 13.3. The predicted molar refractivity (Wildman–Crippen MR) is 89.7 cm³/mol. The lowest BCUT2D eigenvalue weighted by Gasteiger charge is -2.20. The van der Waals surface area contributed by atoms with Crippen LogP contribution in [0.25, 0.3) is 0 Å². The molecule has 1 heterocycles. The highest BCUT2D eigenvalue weighted by Crippen LogP contribution is 2.14. The third-order valence-electron chi connectivity index (χ3n) is 2.81. The van der Waals surface area contributed by atoms with Crippen LogP contribution >= 0.6 is 11.3 Å². The van der Waals surface area contributed by atoms with Gasteiger partial charge in [-0.25, -0.2) is 13.1 Å². The summed E-state index contributed by atoms with van der Waals surface area (Å²) < 4.78 is 28.7. The maximum absolute atomic E-state index is 12.2. The fraction of sp³-hybridized carbons (Fsp3) is 0.333. The van der Waals surface area contributed by atoms with Crippen molar-refractivity contribution in [3.05, 3.63) is 46.2 Å². The van der Waals surface area contributed by atoms with E-state index in [1.54, 1.807) is 32.4 Å². The molecule has 2 rings (SSSR count). The van der Waals surface area contributed by atoms with Gasteiger partial charge in [-0.05, 0) is 45.0 Å². The molecule has 0 radical (unpaired) electrons. The van der Waals surface area contributed by atoms with Gasteiger partial charge in [-0.2, -0.15) is 4.99 Å². The first kappa shape index (κ1) is 17.6. The average molecular weight is 353 g/mol. The van der Waals surface area contributed by atoms with Crippen LogP contribution in [0.2, 0.25) is 0 Å². The molecule has 23 heavy (non-hydrogen) atoms. The van der Waals surface area contributed by atoms with Crippen molar-refractivity contribution in [1.82, 2.24) is 9.29 Å². The van der Waals surface area contributed by atoms with Crippen molar-refractivity contribution in [2.75, 3.05) is 0 Å². The van der Waals surface area contributed by atoms with Gasteiger partial charge in [0.1, 0.15) is 0 Å². The summed E-state index contributed by atoms with van der Waals surface area (Å²) in [5.41, 5.74) is -0.232. The second-order valence-electron chi connectivity index (χ2n) is 6.09. The Morgan fingerprint density at radius 1 is 1.22 bits per heavy atom. The number of rotatable bonds is 3. The molecule has 0 aliphatic heterocycles. The number of sulfonamides is 1. The molecule has 1 amide bonds. The van der Waals surface area contributed by atoms with E-state index in [0.29, 0.717) is 10.4 Å². The highest BCUT2D eigenvalue weighted by atomic mass is 32.2. The van der Waals surface area contributed by atoms with Gasteiger partial charge < -0.3 is 4.57 Å². The Morgan fingerprint density at radius 2 is 1.83 bits per heavy atom. The summed E-state index contributed by atoms with van der Waals surface area (Å²) in [6.45, 7) is 5.30. The zero-order chi connectivity index (χ0) is 17.3. The molecule has 0 atom stereocenters. The lowest BCUT2D eigenvalue weighted by atomic mass is 10.1. The number of hydrogen-bond donors (Lipinski definition) is 1. The number of hydrogen-bond acceptors (Lipinski definition) is 4. The molecular formula is C15H19N3O3S2. The molecule has 0 spiro atoms. The quantitative estimate of drug-likeness (QED) is 0.915. The molecule has 0 aliphatic rings. The fourth-order valence-electron chi connectivity index (χ4n) is 1.82. The SMILES string of the molecule is Cn1ccsc1=NC(=O)c1ccc(S(=O)(=O)NC(C)(C)C)cc1. The molecule has 2 aromatic rings. The molecule has 1 N–H and O–H groups in total. The van der Waals surface area contributed by atoms with E-state index >= 15 is 0 Å². The summed E-state index contributed by atoms with van der Waals surface area (Å²) in [5, 5.41) is 1.83. The number of aromatic nitrogens is 1. The van der Waals surface area contributed by atoms with E-state index in [1.165, 1.54) is 35.6 Å². The molecule has 0 saturated carbocycles. The number of nitrogens with one attached hydrogen (secondary N) is 1. The highest BCUT2D eigenvalue weighted by Gasteiger charge is 2.22.